The largest absolute Gasteiger partial charge is 0.346 e. The number of rotatable bonds is 6. The van der Waals surface area contributed by atoms with Gasteiger partial charge in [-0.1, -0.05) is 19.8 Å². The molecule has 0 aliphatic carbocycles. The Kier molecular flexibility index (Phi) is 6.62. The van der Waals surface area contributed by atoms with Crippen molar-refractivity contribution < 1.29 is 9.59 Å². The first-order chi connectivity index (χ1) is 11.1. The highest BCUT2D eigenvalue weighted by Crippen LogP contribution is 2.14. The normalized spacial score (nSPS) is 16.7. The quantitative estimate of drug-likeness (QED) is 0.845. The van der Waals surface area contributed by atoms with E-state index in [0.717, 1.165) is 43.9 Å². The number of amides is 2. The van der Waals surface area contributed by atoms with Gasteiger partial charge in [-0.05, 0) is 26.2 Å². The molecule has 0 bridgehead atoms. The van der Waals surface area contributed by atoms with Crippen molar-refractivity contribution >= 4 is 11.8 Å². The van der Waals surface area contributed by atoms with Crippen LogP contribution in [-0.2, 0) is 9.59 Å². The molecule has 0 radical (unpaired) electrons. The van der Waals surface area contributed by atoms with E-state index < -0.39 is 0 Å². The van der Waals surface area contributed by atoms with Crippen molar-refractivity contribution in [3.05, 3.63) is 17.7 Å². The first kappa shape index (κ1) is 17.5. The summed E-state index contributed by atoms with van der Waals surface area (Å²) < 4.78 is 0. The van der Waals surface area contributed by atoms with Gasteiger partial charge in [0.05, 0.1) is 6.04 Å². The number of hydrogen-bond acceptors (Lipinski definition) is 3. The third kappa shape index (κ3) is 5.37. The van der Waals surface area contributed by atoms with Crippen LogP contribution in [0.4, 0.5) is 0 Å². The Morgan fingerprint density at radius 3 is 2.52 bits per heavy atom. The Labute approximate surface area is 138 Å². The van der Waals surface area contributed by atoms with Crippen LogP contribution >= 0.6 is 0 Å². The van der Waals surface area contributed by atoms with E-state index in [9.17, 15) is 9.59 Å². The molecule has 1 aliphatic rings. The summed E-state index contributed by atoms with van der Waals surface area (Å²) in [6.45, 7) is 5.61. The number of aromatic amines is 1. The van der Waals surface area contributed by atoms with Gasteiger partial charge in [0.1, 0.15) is 5.82 Å². The molecule has 0 spiro atoms. The molecule has 1 atom stereocenters. The van der Waals surface area contributed by atoms with Crippen LogP contribution in [0.2, 0.25) is 0 Å². The number of aromatic nitrogens is 2. The molecule has 2 rings (SSSR count). The molecule has 1 saturated heterocycles. The fourth-order valence-corrected chi connectivity index (χ4v) is 2.94. The van der Waals surface area contributed by atoms with Gasteiger partial charge >= 0.3 is 0 Å². The molecule has 2 amide bonds. The summed E-state index contributed by atoms with van der Waals surface area (Å²) >= 11 is 0. The van der Waals surface area contributed by atoms with Crippen LogP contribution in [0.5, 0.6) is 0 Å². The standard InChI is InChI=1S/C17H28N4O2/c1-3-14(17-18-12-13(2)19-17)20-15(22)8-9-16(23)21-10-6-4-5-7-11-21/h12,14H,3-11H2,1-2H3,(H,18,19)(H,20,22)/t14-/m1/s1. The first-order valence-electron chi connectivity index (χ1n) is 8.68. The summed E-state index contributed by atoms with van der Waals surface area (Å²) in [5.74, 6) is 0.787. The van der Waals surface area contributed by atoms with Crippen molar-refractivity contribution in [2.75, 3.05) is 13.1 Å². The van der Waals surface area contributed by atoms with Crippen LogP contribution in [0.3, 0.4) is 0 Å². The zero-order chi connectivity index (χ0) is 16.7. The van der Waals surface area contributed by atoms with Gasteiger partial charge < -0.3 is 15.2 Å². The summed E-state index contributed by atoms with van der Waals surface area (Å²) in [5.41, 5.74) is 0.976. The molecule has 0 aromatic carbocycles. The summed E-state index contributed by atoms with van der Waals surface area (Å²) in [6.07, 6.45) is 7.61. The maximum absolute atomic E-state index is 12.2. The predicted molar refractivity (Wildman–Crippen MR) is 88.8 cm³/mol. The molecule has 0 unspecified atom stereocenters. The van der Waals surface area contributed by atoms with E-state index in [-0.39, 0.29) is 24.3 Å². The van der Waals surface area contributed by atoms with E-state index in [4.69, 9.17) is 0 Å². The Balaban J connectivity index is 1.78. The average molecular weight is 320 g/mol. The number of carbonyl (C=O) groups excluding carboxylic acids is 2. The average Bonchev–Trinajstić information content (AvgIpc) is 2.80. The summed E-state index contributed by atoms with van der Waals surface area (Å²) in [6, 6.07) is -0.121. The van der Waals surface area contributed by atoms with Gasteiger partial charge in [-0.15, -0.1) is 0 Å². The van der Waals surface area contributed by atoms with Gasteiger partial charge in [-0.3, -0.25) is 9.59 Å². The smallest absolute Gasteiger partial charge is 0.223 e. The van der Waals surface area contributed by atoms with E-state index in [1.807, 2.05) is 18.7 Å². The number of imidazole rings is 1. The molecular formula is C17H28N4O2. The van der Waals surface area contributed by atoms with E-state index in [0.29, 0.717) is 6.42 Å². The second-order valence-electron chi connectivity index (χ2n) is 6.27. The second kappa shape index (κ2) is 8.70. The van der Waals surface area contributed by atoms with Crippen LogP contribution in [0.15, 0.2) is 6.20 Å². The maximum Gasteiger partial charge on any atom is 0.223 e. The van der Waals surface area contributed by atoms with Gasteiger partial charge in [0, 0.05) is 37.8 Å². The molecule has 2 N–H and O–H groups in total. The van der Waals surface area contributed by atoms with Crippen LogP contribution in [0.1, 0.15) is 69.4 Å². The third-order valence-corrected chi connectivity index (χ3v) is 4.32. The Hall–Kier alpha value is -1.85. The van der Waals surface area contributed by atoms with E-state index in [1.165, 1.54) is 12.8 Å². The van der Waals surface area contributed by atoms with Crippen LogP contribution < -0.4 is 5.32 Å². The van der Waals surface area contributed by atoms with Crippen molar-refractivity contribution in [2.45, 2.75) is 64.8 Å². The first-order valence-corrected chi connectivity index (χ1v) is 8.68. The Morgan fingerprint density at radius 2 is 1.96 bits per heavy atom. The Bertz CT molecular complexity index is 518. The topological polar surface area (TPSA) is 78.1 Å². The van der Waals surface area contributed by atoms with Crippen molar-refractivity contribution in [3.63, 3.8) is 0 Å². The summed E-state index contributed by atoms with van der Waals surface area (Å²) in [5, 5.41) is 2.96. The number of carbonyl (C=O) groups is 2. The zero-order valence-electron chi connectivity index (χ0n) is 14.2. The minimum atomic E-state index is -0.121. The SMILES string of the molecule is CC[C@@H](NC(=O)CCC(=O)N1CCCCCC1)c1ncc(C)[nH]1. The minimum Gasteiger partial charge on any atom is -0.346 e. The van der Waals surface area contributed by atoms with E-state index in [2.05, 4.69) is 15.3 Å². The fourth-order valence-electron chi connectivity index (χ4n) is 2.94. The Morgan fingerprint density at radius 1 is 1.26 bits per heavy atom. The molecular weight excluding hydrogens is 292 g/mol. The lowest BCUT2D eigenvalue weighted by Gasteiger charge is -2.20. The number of nitrogens with one attached hydrogen (secondary N) is 2. The number of hydrogen-bond donors (Lipinski definition) is 2. The van der Waals surface area contributed by atoms with Gasteiger partial charge in [0.2, 0.25) is 11.8 Å². The summed E-state index contributed by atoms with van der Waals surface area (Å²) in [4.78, 5) is 33.7. The molecule has 23 heavy (non-hydrogen) atoms. The van der Waals surface area contributed by atoms with Crippen LogP contribution in [0, 0.1) is 6.92 Å². The summed E-state index contributed by atoms with van der Waals surface area (Å²) in [7, 11) is 0. The molecule has 1 fully saturated rings. The molecule has 6 nitrogen and oxygen atoms in total. The zero-order valence-corrected chi connectivity index (χ0v) is 14.2. The van der Waals surface area contributed by atoms with Gasteiger partial charge in [-0.25, -0.2) is 4.98 Å². The maximum atomic E-state index is 12.2. The predicted octanol–water partition coefficient (Wildman–Crippen LogP) is 2.47. The number of aryl methyl sites for hydroxylation is 1. The lowest BCUT2D eigenvalue weighted by atomic mass is 10.2. The molecule has 1 aromatic heterocycles. The van der Waals surface area contributed by atoms with E-state index >= 15 is 0 Å². The van der Waals surface area contributed by atoms with Crippen molar-refractivity contribution in [1.82, 2.24) is 20.2 Å². The van der Waals surface area contributed by atoms with Gasteiger partial charge in [-0.2, -0.15) is 0 Å². The molecule has 2 heterocycles. The molecule has 128 valence electrons. The highest BCUT2D eigenvalue weighted by atomic mass is 16.2. The van der Waals surface area contributed by atoms with Crippen LogP contribution in [-0.4, -0.2) is 39.8 Å². The lowest BCUT2D eigenvalue weighted by Crippen LogP contribution is -2.34. The van der Waals surface area contributed by atoms with Crippen molar-refractivity contribution in [3.8, 4) is 0 Å². The molecule has 6 heteroatoms. The van der Waals surface area contributed by atoms with E-state index in [1.54, 1.807) is 6.20 Å². The van der Waals surface area contributed by atoms with Crippen molar-refractivity contribution in [2.24, 2.45) is 0 Å². The number of likely N-dealkylation sites (tertiary alicyclic amines) is 1. The van der Waals surface area contributed by atoms with Gasteiger partial charge in [0.25, 0.3) is 0 Å². The number of nitrogens with zero attached hydrogens (tertiary/aromatic N) is 2. The molecule has 0 saturated carbocycles. The third-order valence-electron chi connectivity index (χ3n) is 4.32. The molecule has 1 aromatic rings. The lowest BCUT2D eigenvalue weighted by molar-refractivity contribution is -0.133. The monoisotopic (exact) mass is 320 g/mol. The number of H-pyrrole nitrogens is 1. The van der Waals surface area contributed by atoms with Crippen LogP contribution in [0.25, 0.3) is 0 Å². The minimum absolute atomic E-state index is 0.0888. The highest BCUT2D eigenvalue weighted by Gasteiger charge is 2.19. The highest BCUT2D eigenvalue weighted by molar-refractivity contribution is 5.83. The second-order valence-corrected chi connectivity index (χ2v) is 6.27. The fraction of sp³-hybridized carbons (Fsp3) is 0.706. The molecule has 1 aliphatic heterocycles. The van der Waals surface area contributed by atoms with Crippen molar-refractivity contribution in [1.29, 1.82) is 0 Å². The van der Waals surface area contributed by atoms with Gasteiger partial charge in [0.15, 0.2) is 0 Å².